The fraction of sp³-hybridized carbons (Fsp3) is 0.545. The molecule has 86 valence electrons. The zero-order valence-electron chi connectivity index (χ0n) is 9.89. The molecule has 0 saturated heterocycles. The molecule has 0 bridgehead atoms. The van der Waals surface area contributed by atoms with Crippen LogP contribution in [-0.2, 0) is 0 Å². The molecule has 1 rings (SSSR count). The van der Waals surface area contributed by atoms with Gasteiger partial charge in [0.1, 0.15) is 12.4 Å². The van der Waals surface area contributed by atoms with Crippen molar-refractivity contribution in [2.24, 2.45) is 0 Å². The van der Waals surface area contributed by atoms with Crippen molar-refractivity contribution in [3.63, 3.8) is 0 Å². The molecule has 0 N–H and O–H groups in total. The van der Waals surface area contributed by atoms with Crippen molar-refractivity contribution in [1.29, 1.82) is 5.26 Å². The predicted molar refractivity (Wildman–Crippen MR) is 58.3 cm³/mol. The molecule has 0 fully saturated rings. The van der Waals surface area contributed by atoms with Crippen molar-refractivity contribution in [2.75, 3.05) is 0 Å². The second-order valence-corrected chi connectivity index (χ2v) is 3.80. The minimum Gasteiger partial charge on any atom is -0.474 e. The zero-order chi connectivity index (χ0) is 12.1. The summed E-state index contributed by atoms with van der Waals surface area (Å²) in [5, 5.41) is 9.04. The number of nitrogens with zero attached hydrogens (tertiary/aromatic N) is 3. The van der Waals surface area contributed by atoms with Gasteiger partial charge in [-0.3, -0.25) is 0 Å². The van der Waals surface area contributed by atoms with Crippen LogP contribution in [-0.4, -0.2) is 22.2 Å². The van der Waals surface area contributed by atoms with Crippen LogP contribution in [0.5, 0.6) is 11.8 Å². The molecule has 1 aromatic heterocycles. The lowest BCUT2D eigenvalue weighted by molar-refractivity contribution is 0.214. The molecular weight excluding hydrogens is 206 g/mol. The van der Waals surface area contributed by atoms with E-state index in [0.29, 0.717) is 0 Å². The van der Waals surface area contributed by atoms with Gasteiger partial charge in [-0.1, -0.05) is 0 Å². The highest BCUT2D eigenvalue weighted by Gasteiger charge is 2.15. The minimum absolute atomic E-state index is 0.0473. The van der Waals surface area contributed by atoms with E-state index in [2.05, 4.69) is 9.97 Å². The highest BCUT2D eigenvalue weighted by Crippen LogP contribution is 2.24. The van der Waals surface area contributed by atoms with Gasteiger partial charge in [0.2, 0.25) is 11.8 Å². The molecule has 0 amide bonds. The fourth-order valence-electron chi connectivity index (χ4n) is 1.08. The lowest BCUT2D eigenvalue weighted by Gasteiger charge is -2.13. The van der Waals surface area contributed by atoms with E-state index < -0.39 is 0 Å². The number of rotatable bonds is 4. The average Bonchev–Trinajstić information content (AvgIpc) is 2.16. The maximum atomic E-state index is 9.04. The van der Waals surface area contributed by atoms with Gasteiger partial charge in [0, 0.05) is 0 Å². The highest BCUT2D eigenvalue weighted by atomic mass is 16.5. The van der Waals surface area contributed by atoms with Crippen LogP contribution in [0.1, 0.15) is 33.3 Å². The van der Waals surface area contributed by atoms with Gasteiger partial charge in [-0.25, -0.2) is 9.97 Å². The molecule has 5 heteroatoms. The fourth-order valence-corrected chi connectivity index (χ4v) is 1.08. The Morgan fingerprint density at radius 1 is 1.06 bits per heavy atom. The maximum absolute atomic E-state index is 9.04. The van der Waals surface area contributed by atoms with E-state index in [9.17, 15) is 0 Å². The van der Waals surface area contributed by atoms with Crippen LogP contribution in [0, 0.1) is 11.3 Å². The highest BCUT2D eigenvalue weighted by molar-refractivity contribution is 5.45. The van der Waals surface area contributed by atoms with E-state index in [4.69, 9.17) is 14.7 Å². The Hall–Kier alpha value is -1.83. The molecule has 0 saturated carbocycles. The first-order valence-electron chi connectivity index (χ1n) is 5.13. The van der Waals surface area contributed by atoms with Gasteiger partial charge in [0.25, 0.3) is 0 Å². The van der Waals surface area contributed by atoms with E-state index in [1.165, 1.54) is 6.33 Å². The molecule has 0 aliphatic carbocycles. The molecule has 0 unspecified atom stereocenters. The van der Waals surface area contributed by atoms with Crippen molar-refractivity contribution >= 4 is 0 Å². The van der Waals surface area contributed by atoms with E-state index in [0.717, 1.165) is 0 Å². The largest absolute Gasteiger partial charge is 0.474 e. The molecule has 0 aliphatic rings. The number of ether oxygens (including phenoxy) is 2. The Labute approximate surface area is 95.0 Å². The summed E-state index contributed by atoms with van der Waals surface area (Å²) in [6, 6.07) is 2.00. The second-order valence-electron chi connectivity index (χ2n) is 3.80. The smallest absolute Gasteiger partial charge is 0.239 e. The monoisotopic (exact) mass is 221 g/mol. The van der Waals surface area contributed by atoms with E-state index >= 15 is 0 Å². The Morgan fingerprint density at radius 3 is 1.81 bits per heavy atom. The summed E-state index contributed by atoms with van der Waals surface area (Å²) in [4.78, 5) is 7.84. The van der Waals surface area contributed by atoms with E-state index in [-0.39, 0.29) is 29.5 Å². The third-order valence-corrected chi connectivity index (χ3v) is 1.58. The lowest BCUT2D eigenvalue weighted by Crippen LogP contribution is -2.12. The Morgan fingerprint density at radius 2 is 1.50 bits per heavy atom. The molecule has 5 nitrogen and oxygen atoms in total. The van der Waals surface area contributed by atoms with Crippen LogP contribution < -0.4 is 9.47 Å². The third kappa shape index (κ3) is 3.09. The summed E-state index contributed by atoms with van der Waals surface area (Å²) in [6.07, 6.45) is 1.23. The van der Waals surface area contributed by atoms with Crippen LogP contribution in [0.15, 0.2) is 6.33 Å². The Balaban J connectivity index is 3.06. The molecule has 0 spiro atoms. The van der Waals surface area contributed by atoms with Gasteiger partial charge in [0.15, 0.2) is 5.56 Å². The number of nitriles is 1. The van der Waals surface area contributed by atoms with Crippen molar-refractivity contribution < 1.29 is 9.47 Å². The van der Waals surface area contributed by atoms with Gasteiger partial charge in [-0.05, 0) is 27.7 Å². The van der Waals surface area contributed by atoms with Crippen LogP contribution in [0.4, 0.5) is 0 Å². The quantitative estimate of drug-likeness (QED) is 0.777. The minimum atomic E-state index is -0.0473. The molecule has 1 heterocycles. The van der Waals surface area contributed by atoms with Gasteiger partial charge in [-0.15, -0.1) is 0 Å². The second kappa shape index (κ2) is 5.31. The van der Waals surface area contributed by atoms with Crippen LogP contribution in [0.3, 0.4) is 0 Å². The first kappa shape index (κ1) is 12.2. The SMILES string of the molecule is CC(C)Oc1ncnc(OC(C)C)c1C#N. The summed E-state index contributed by atoms with van der Waals surface area (Å²) < 4.78 is 10.8. The van der Waals surface area contributed by atoms with Crippen LogP contribution in [0.25, 0.3) is 0 Å². The summed E-state index contributed by atoms with van der Waals surface area (Å²) in [6.45, 7) is 7.47. The number of hydrogen-bond donors (Lipinski definition) is 0. The topological polar surface area (TPSA) is 68.0 Å². The van der Waals surface area contributed by atoms with Crippen LogP contribution >= 0.6 is 0 Å². The Bertz CT molecular complexity index is 368. The zero-order valence-corrected chi connectivity index (χ0v) is 9.89. The molecular formula is C11H15N3O2. The normalized spacial score (nSPS) is 10.3. The summed E-state index contributed by atoms with van der Waals surface area (Å²) in [5.74, 6) is 0.534. The first-order chi connectivity index (χ1) is 7.54. The van der Waals surface area contributed by atoms with Gasteiger partial charge >= 0.3 is 0 Å². The summed E-state index contributed by atoms with van der Waals surface area (Å²) in [5.41, 5.74) is 0.241. The molecule has 1 aromatic rings. The first-order valence-corrected chi connectivity index (χ1v) is 5.13. The van der Waals surface area contributed by atoms with E-state index in [1.807, 2.05) is 33.8 Å². The van der Waals surface area contributed by atoms with Gasteiger partial charge < -0.3 is 9.47 Å². The van der Waals surface area contributed by atoms with Crippen LogP contribution in [0.2, 0.25) is 0 Å². The maximum Gasteiger partial charge on any atom is 0.239 e. The van der Waals surface area contributed by atoms with Crippen molar-refractivity contribution in [2.45, 2.75) is 39.9 Å². The molecule has 0 atom stereocenters. The molecule has 0 radical (unpaired) electrons. The predicted octanol–water partition coefficient (Wildman–Crippen LogP) is 1.92. The van der Waals surface area contributed by atoms with Crippen molar-refractivity contribution in [3.05, 3.63) is 11.9 Å². The molecule has 0 aromatic carbocycles. The third-order valence-electron chi connectivity index (χ3n) is 1.58. The summed E-state index contributed by atoms with van der Waals surface area (Å²) in [7, 11) is 0. The Kier molecular flexibility index (Phi) is 4.06. The summed E-state index contributed by atoms with van der Waals surface area (Å²) >= 11 is 0. The number of aromatic nitrogens is 2. The van der Waals surface area contributed by atoms with E-state index in [1.54, 1.807) is 0 Å². The van der Waals surface area contributed by atoms with Crippen molar-refractivity contribution in [1.82, 2.24) is 9.97 Å². The number of hydrogen-bond acceptors (Lipinski definition) is 5. The molecule has 16 heavy (non-hydrogen) atoms. The average molecular weight is 221 g/mol. The van der Waals surface area contributed by atoms with Gasteiger partial charge in [-0.2, -0.15) is 5.26 Å². The lowest BCUT2D eigenvalue weighted by atomic mass is 10.3. The molecule has 0 aliphatic heterocycles. The van der Waals surface area contributed by atoms with Crippen molar-refractivity contribution in [3.8, 4) is 17.8 Å². The standard InChI is InChI=1S/C11H15N3O2/c1-7(2)15-10-9(5-12)11(14-6-13-10)16-8(3)4/h6-8H,1-4H3. The van der Waals surface area contributed by atoms with Gasteiger partial charge in [0.05, 0.1) is 12.2 Å².